The van der Waals surface area contributed by atoms with Crippen LogP contribution in [0.3, 0.4) is 0 Å². The average molecular weight is 370 g/mol. The van der Waals surface area contributed by atoms with Crippen LogP contribution >= 0.6 is 0 Å². The predicted octanol–water partition coefficient (Wildman–Crippen LogP) is 2.54. The number of rotatable bonds is 6. The molecule has 2 aromatic rings. The molecule has 0 spiro atoms. The standard InChI is InChI=1S/C20H26N4O3/c1-5-23(6-2)19(25)16-7-9-21-20(22-16)24-10-8-14-11-17(26-3)18(27-4)12-15(14)13-24/h7,9,11-12H,5-6,8,10,13H2,1-4H3. The molecule has 3 rings (SSSR count). The van der Waals surface area contributed by atoms with E-state index in [4.69, 9.17) is 9.47 Å². The van der Waals surface area contributed by atoms with E-state index >= 15 is 0 Å². The van der Waals surface area contributed by atoms with Gasteiger partial charge in [0.25, 0.3) is 5.91 Å². The van der Waals surface area contributed by atoms with Crippen molar-refractivity contribution < 1.29 is 14.3 Å². The Labute approximate surface area is 159 Å². The number of hydrogen-bond donors (Lipinski definition) is 0. The van der Waals surface area contributed by atoms with Crippen LogP contribution in [-0.4, -0.2) is 54.6 Å². The van der Waals surface area contributed by atoms with E-state index in [2.05, 4.69) is 14.9 Å². The van der Waals surface area contributed by atoms with Gasteiger partial charge in [-0.25, -0.2) is 9.97 Å². The van der Waals surface area contributed by atoms with E-state index in [1.54, 1.807) is 31.4 Å². The fourth-order valence-corrected chi connectivity index (χ4v) is 3.35. The number of benzene rings is 1. The molecule has 1 aromatic heterocycles. The van der Waals surface area contributed by atoms with Crippen LogP contribution in [0.1, 0.15) is 35.5 Å². The van der Waals surface area contributed by atoms with Crippen molar-refractivity contribution in [3.05, 3.63) is 41.2 Å². The third-order valence-corrected chi connectivity index (χ3v) is 4.91. The zero-order valence-electron chi connectivity index (χ0n) is 16.4. The summed E-state index contributed by atoms with van der Waals surface area (Å²) in [6.07, 6.45) is 2.51. The third-order valence-electron chi connectivity index (χ3n) is 4.91. The number of fused-ring (bicyclic) bond motifs is 1. The molecular weight excluding hydrogens is 344 g/mol. The van der Waals surface area contributed by atoms with Gasteiger partial charge in [-0.1, -0.05) is 0 Å². The maximum Gasteiger partial charge on any atom is 0.272 e. The van der Waals surface area contributed by atoms with Gasteiger partial charge in [-0.05, 0) is 49.6 Å². The van der Waals surface area contributed by atoms with E-state index in [0.29, 0.717) is 37.0 Å². The summed E-state index contributed by atoms with van der Waals surface area (Å²) in [7, 11) is 3.28. The Morgan fingerprint density at radius 3 is 2.44 bits per heavy atom. The Bertz CT molecular complexity index is 821. The van der Waals surface area contributed by atoms with Crippen LogP contribution in [0.25, 0.3) is 0 Å². The zero-order chi connectivity index (χ0) is 19.4. The van der Waals surface area contributed by atoms with E-state index in [1.165, 1.54) is 5.56 Å². The first-order valence-corrected chi connectivity index (χ1v) is 9.22. The number of hydrogen-bond acceptors (Lipinski definition) is 6. The Balaban J connectivity index is 1.85. The van der Waals surface area contributed by atoms with Crippen molar-refractivity contribution in [2.24, 2.45) is 0 Å². The van der Waals surface area contributed by atoms with E-state index in [9.17, 15) is 4.79 Å². The molecule has 7 heteroatoms. The van der Waals surface area contributed by atoms with Gasteiger partial charge in [0.2, 0.25) is 5.95 Å². The Morgan fingerprint density at radius 2 is 1.81 bits per heavy atom. The van der Waals surface area contributed by atoms with Gasteiger partial charge >= 0.3 is 0 Å². The van der Waals surface area contributed by atoms with E-state index in [1.807, 2.05) is 26.0 Å². The predicted molar refractivity (Wildman–Crippen MR) is 104 cm³/mol. The summed E-state index contributed by atoms with van der Waals surface area (Å²) < 4.78 is 10.8. The molecule has 1 aliphatic rings. The Kier molecular flexibility index (Phi) is 5.78. The summed E-state index contributed by atoms with van der Waals surface area (Å²) in [6, 6.07) is 5.72. The third kappa shape index (κ3) is 3.82. The molecule has 1 aromatic carbocycles. The highest BCUT2D eigenvalue weighted by molar-refractivity contribution is 5.92. The van der Waals surface area contributed by atoms with Gasteiger partial charge in [0, 0.05) is 32.4 Å². The second-order valence-corrected chi connectivity index (χ2v) is 6.37. The topological polar surface area (TPSA) is 67.8 Å². The molecule has 2 heterocycles. The minimum atomic E-state index is -0.0625. The molecule has 0 unspecified atom stereocenters. The number of aromatic nitrogens is 2. The molecule has 144 valence electrons. The van der Waals surface area contributed by atoms with Gasteiger partial charge in [0.15, 0.2) is 11.5 Å². The molecule has 1 amide bonds. The Morgan fingerprint density at radius 1 is 1.15 bits per heavy atom. The fraction of sp³-hybridized carbons (Fsp3) is 0.450. The highest BCUT2D eigenvalue weighted by Gasteiger charge is 2.22. The maximum absolute atomic E-state index is 12.6. The molecule has 0 fully saturated rings. The minimum absolute atomic E-state index is 0.0625. The van der Waals surface area contributed by atoms with E-state index < -0.39 is 0 Å². The van der Waals surface area contributed by atoms with Crippen LogP contribution in [0, 0.1) is 0 Å². The summed E-state index contributed by atoms with van der Waals surface area (Å²) >= 11 is 0. The summed E-state index contributed by atoms with van der Waals surface area (Å²) in [5.41, 5.74) is 2.82. The molecule has 0 aliphatic carbocycles. The van der Waals surface area contributed by atoms with Gasteiger partial charge in [0.05, 0.1) is 14.2 Å². The second-order valence-electron chi connectivity index (χ2n) is 6.37. The number of ether oxygens (including phenoxy) is 2. The summed E-state index contributed by atoms with van der Waals surface area (Å²) in [5.74, 6) is 1.97. The number of methoxy groups -OCH3 is 2. The minimum Gasteiger partial charge on any atom is -0.493 e. The van der Waals surface area contributed by atoms with Crippen molar-refractivity contribution in [1.82, 2.24) is 14.9 Å². The van der Waals surface area contributed by atoms with Crippen molar-refractivity contribution in [2.75, 3.05) is 38.8 Å². The molecule has 0 atom stereocenters. The molecule has 7 nitrogen and oxygen atoms in total. The summed E-state index contributed by atoms with van der Waals surface area (Å²) in [4.78, 5) is 25.4. The van der Waals surface area contributed by atoms with E-state index in [-0.39, 0.29) is 5.91 Å². The summed E-state index contributed by atoms with van der Waals surface area (Å²) in [6.45, 7) is 6.70. The smallest absolute Gasteiger partial charge is 0.272 e. The number of carbonyl (C=O) groups excluding carboxylic acids is 1. The second kappa shape index (κ2) is 8.24. The van der Waals surface area contributed by atoms with Crippen molar-refractivity contribution >= 4 is 11.9 Å². The van der Waals surface area contributed by atoms with Gasteiger partial charge in [0.1, 0.15) is 5.69 Å². The first-order chi connectivity index (χ1) is 13.1. The van der Waals surface area contributed by atoms with Gasteiger partial charge in [-0.2, -0.15) is 0 Å². The average Bonchev–Trinajstić information content (AvgIpc) is 2.73. The summed E-state index contributed by atoms with van der Waals surface area (Å²) in [5, 5.41) is 0. The number of anilines is 1. The largest absolute Gasteiger partial charge is 0.493 e. The number of nitrogens with zero attached hydrogens (tertiary/aromatic N) is 4. The van der Waals surface area contributed by atoms with Crippen LogP contribution in [0.15, 0.2) is 24.4 Å². The SMILES string of the molecule is CCN(CC)C(=O)c1ccnc(N2CCc3cc(OC)c(OC)cc3C2)n1. The first-order valence-electron chi connectivity index (χ1n) is 9.22. The van der Waals surface area contributed by atoms with Crippen LogP contribution in [0.5, 0.6) is 11.5 Å². The lowest BCUT2D eigenvalue weighted by molar-refractivity contribution is 0.0767. The van der Waals surface area contributed by atoms with Crippen molar-refractivity contribution in [3.63, 3.8) is 0 Å². The lowest BCUT2D eigenvalue weighted by atomic mass is 9.99. The molecule has 0 saturated heterocycles. The highest BCUT2D eigenvalue weighted by Crippen LogP contribution is 2.33. The normalized spacial score (nSPS) is 13.1. The van der Waals surface area contributed by atoms with Gasteiger partial charge < -0.3 is 19.3 Å². The number of carbonyl (C=O) groups is 1. The molecular formula is C20H26N4O3. The molecule has 0 saturated carbocycles. The van der Waals surface area contributed by atoms with Crippen molar-refractivity contribution in [3.8, 4) is 11.5 Å². The lowest BCUT2D eigenvalue weighted by Crippen LogP contribution is -2.34. The van der Waals surface area contributed by atoms with Gasteiger partial charge in [-0.3, -0.25) is 4.79 Å². The fourth-order valence-electron chi connectivity index (χ4n) is 3.35. The van der Waals surface area contributed by atoms with Gasteiger partial charge in [-0.15, -0.1) is 0 Å². The quantitative estimate of drug-likeness (QED) is 0.778. The van der Waals surface area contributed by atoms with Crippen LogP contribution < -0.4 is 14.4 Å². The maximum atomic E-state index is 12.6. The molecule has 0 bridgehead atoms. The zero-order valence-corrected chi connectivity index (χ0v) is 16.4. The molecule has 0 N–H and O–H groups in total. The van der Waals surface area contributed by atoms with Crippen LogP contribution in [-0.2, 0) is 13.0 Å². The Hall–Kier alpha value is -2.83. The van der Waals surface area contributed by atoms with Crippen LogP contribution in [0.2, 0.25) is 0 Å². The molecule has 1 aliphatic heterocycles. The van der Waals surface area contributed by atoms with Crippen molar-refractivity contribution in [1.29, 1.82) is 0 Å². The van der Waals surface area contributed by atoms with Crippen LogP contribution in [0.4, 0.5) is 5.95 Å². The highest BCUT2D eigenvalue weighted by atomic mass is 16.5. The van der Waals surface area contributed by atoms with Crippen molar-refractivity contribution in [2.45, 2.75) is 26.8 Å². The molecule has 27 heavy (non-hydrogen) atoms. The monoisotopic (exact) mass is 370 g/mol. The van der Waals surface area contributed by atoms with E-state index in [0.717, 1.165) is 24.3 Å². The first kappa shape index (κ1) is 18.9. The lowest BCUT2D eigenvalue weighted by Gasteiger charge is -2.30. The number of amides is 1. The molecule has 0 radical (unpaired) electrons.